The largest absolute Gasteiger partial charge is 3.00 e. The molecule has 0 heterocycles. The summed E-state index contributed by atoms with van der Waals surface area (Å²) < 4.78 is 0. The molecule has 0 atom stereocenters. The Bertz CT molecular complexity index is 81.9. The van der Waals surface area contributed by atoms with Gasteiger partial charge >= 0.3 is 34.7 Å². The first-order valence-corrected chi connectivity index (χ1v) is 1.65. The van der Waals surface area contributed by atoms with E-state index in [-0.39, 0.29) is 63.1 Å². The maximum Gasteiger partial charge on any atom is 3.00 e. The van der Waals surface area contributed by atoms with Crippen molar-refractivity contribution < 1.29 is 16.4 Å². The SMILES string of the molecule is N=C(N)N.N=C(N)N.[Al+3].[Al+3].[O-2].[O-2].[O-2]. The summed E-state index contributed by atoms with van der Waals surface area (Å²) in [7, 11) is 0. The molecule has 0 saturated heterocycles. The second kappa shape index (κ2) is 42.0. The van der Waals surface area contributed by atoms with Crippen LogP contribution in [-0.2, 0) is 16.4 Å². The Morgan fingerprint density at radius 1 is 0.615 bits per heavy atom. The molecule has 0 radical (unpaired) electrons. The van der Waals surface area contributed by atoms with Crippen LogP contribution in [0.4, 0.5) is 0 Å². The minimum absolute atomic E-state index is 0. The van der Waals surface area contributed by atoms with Crippen molar-refractivity contribution in [2.75, 3.05) is 0 Å². The van der Waals surface area contributed by atoms with Gasteiger partial charge < -0.3 is 39.4 Å². The molecular weight excluding hydrogens is 210 g/mol. The maximum absolute atomic E-state index is 6.06. The van der Waals surface area contributed by atoms with Crippen molar-refractivity contribution in [1.82, 2.24) is 0 Å². The van der Waals surface area contributed by atoms with E-state index in [0.29, 0.717) is 0 Å². The van der Waals surface area contributed by atoms with Crippen LogP contribution in [0.3, 0.4) is 0 Å². The monoisotopic (exact) mass is 220 g/mol. The molecule has 0 unspecified atom stereocenters. The zero-order valence-electron chi connectivity index (χ0n) is 6.69. The van der Waals surface area contributed by atoms with Gasteiger partial charge in [0.05, 0.1) is 0 Å². The van der Waals surface area contributed by atoms with Gasteiger partial charge in [-0.25, -0.2) is 0 Å². The molecule has 0 aliphatic rings. The second-order valence-corrected chi connectivity index (χ2v) is 0.911. The fourth-order valence-corrected chi connectivity index (χ4v) is 0. The van der Waals surface area contributed by atoms with E-state index in [1.807, 2.05) is 0 Å². The molecule has 0 aromatic carbocycles. The van der Waals surface area contributed by atoms with Crippen LogP contribution in [0.2, 0.25) is 0 Å². The van der Waals surface area contributed by atoms with E-state index in [9.17, 15) is 0 Å². The number of rotatable bonds is 0. The van der Waals surface area contributed by atoms with Gasteiger partial charge in [-0.15, -0.1) is 0 Å². The number of guanidine groups is 2. The number of nitrogens with two attached hydrogens (primary N) is 4. The van der Waals surface area contributed by atoms with Crippen LogP contribution in [0.5, 0.6) is 0 Å². The van der Waals surface area contributed by atoms with Crippen molar-refractivity contribution in [1.29, 1.82) is 10.8 Å². The molecule has 9 nitrogen and oxygen atoms in total. The van der Waals surface area contributed by atoms with Crippen molar-refractivity contribution in [3.8, 4) is 0 Å². The molecule has 0 aliphatic carbocycles. The van der Waals surface area contributed by atoms with Crippen molar-refractivity contribution in [3.05, 3.63) is 0 Å². The minimum Gasteiger partial charge on any atom is -2.00 e. The summed E-state index contributed by atoms with van der Waals surface area (Å²) in [6.07, 6.45) is 0. The van der Waals surface area contributed by atoms with Gasteiger partial charge in [0.25, 0.3) is 0 Å². The molecule has 0 aromatic heterocycles. The first kappa shape index (κ1) is 54.7. The summed E-state index contributed by atoms with van der Waals surface area (Å²) in [5.74, 6) is -0.667. The molecule has 0 aliphatic heterocycles. The molecule has 0 aromatic rings. The molecule has 11 heteroatoms. The Labute approximate surface area is 97.0 Å². The summed E-state index contributed by atoms with van der Waals surface area (Å²) >= 11 is 0. The third kappa shape index (κ3) is 3890. The molecule has 72 valence electrons. The number of hydrogen-bond donors (Lipinski definition) is 6. The summed E-state index contributed by atoms with van der Waals surface area (Å²) in [5.41, 5.74) is 17.9. The third-order valence-corrected chi connectivity index (χ3v) is 0. The van der Waals surface area contributed by atoms with Crippen LogP contribution in [-0.4, -0.2) is 46.6 Å². The predicted octanol–water partition coefficient (Wildman–Crippen LogP) is -3.44. The minimum atomic E-state index is -0.333. The smallest absolute Gasteiger partial charge is 2.00 e. The van der Waals surface area contributed by atoms with Crippen molar-refractivity contribution in [2.45, 2.75) is 0 Å². The summed E-state index contributed by atoms with van der Waals surface area (Å²) in [6.45, 7) is 0. The van der Waals surface area contributed by atoms with Gasteiger partial charge in [-0.05, 0) is 0 Å². The topological polar surface area (TPSA) is 237 Å². The molecule has 0 bridgehead atoms. The van der Waals surface area contributed by atoms with Crippen LogP contribution < -0.4 is 22.9 Å². The van der Waals surface area contributed by atoms with E-state index < -0.39 is 0 Å². The molecule has 10 N–H and O–H groups in total. The van der Waals surface area contributed by atoms with Crippen molar-refractivity contribution in [2.24, 2.45) is 22.9 Å². The average Bonchev–Trinajstić information content (AvgIpc) is 1.25. The fraction of sp³-hybridized carbons (Fsp3) is 0. The standard InChI is InChI=1S/2CH5N3.2Al.3O/c2*2-1(3)4;;;;;/h2*(H5,2,3,4);;;;;/q;;2*+3;3*-2. The Kier molecular flexibility index (Phi) is 177. The zero-order chi connectivity index (χ0) is 7.15. The van der Waals surface area contributed by atoms with E-state index >= 15 is 0 Å². The fourth-order valence-electron chi connectivity index (χ4n) is 0. The van der Waals surface area contributed by atoms with Gasteiger partial charge in [-0.2, -0.15) is 0 Å². The second-order valence-electron chi connectivity index (χ2n) is 0.911. The Hall–Kier alpha value is -0.515. The molecule has 13 heavy (non-hydrogen) atoms. The molecular formula is C2H10Al2N6O3. The van der Waals surface area contributed by atoms with Gasteiger partial charge in [0, 0.05) is 0 Å². The maximum atomic E-state index is 6.06. The molecule has 0 fully saturated rings. The van der Waals surface area contributed by atoms with Gasteiger partial charge in [0.2, 0.25) is 0 Å². The van der Waals surface area contributed by atoms with Crippen LogP contribution >= 0.6 is 0 Å². The Morgan fingerprint density at radius 2 is 0.615 bits per heavy atom. The van der Waals surface area contributed by atoms with Crippen molar-refractivity contribution in [3.63, 3.8) is 0 Å². The zero-order valence-corrected chi connectivity index (χ0v) is 9.00. The number of hydrogen-bond acceptors (Lipinski definition) is 2. The van der Waals surface area contributed by atoms with E-state index in [1.54, 1.807) is 0 Å². The Balaban J connectivity index is -0.00000000800. The molecule has 0 saturated carbocycles. The summed E-state index contributed by atoms with van der Waals surface area (Å²) in [4.78, 5) is 0. The van der Waals surface area contributed by atoms with E-state index in [1.165, 1.54) is 0 Å². The third-order valence-electron chi connectivity index (χ3n) is 0. The average molecular weight is 220 g/mol. The van der Waals surface area contributed by atoms with Gasteiger partial charge in [0.15, 0.2) is 11.9 Å². The predicted molar refractivity (Wildman–Crippen MR) is 45.8 cm³/mol. The van der Waals surface area contributed by atoms with Crippen LogP contribution in [0.1, 0.15) is 0 Å². The van der Waals surface area contributed by atoms with Crippen LogP contribution in [0.25, 0.3) is 0 Å². The van der Waals surface area contributed by atoms with E-state index in [0.717, 1.165) is 0 Å². The summed E-state index contributed by atoms with van der Waals surface area (Å²) in [6, 6.07) is 0. The quantitative estimate of drug-likeness (QED) is 0.138. The first-order valence-electron chi connectivity index (χ1n) is 1.65. The van der Waals surface area contributed by atoms with Crippen molar-refractivity contribution >= 4 is 46.6 Å². The molecule has 0 rings (SSSR count). The molecule has 0 amide bonds. The first-order chi connectivity index (χ1) is 3.46. The van der Waals surface area contributed by atoms with Gasteiger partial charge in [0.1, 0.15) is 0 Å². The summed E-state index contributed by atoms with van der Waals surface area (Å²) in [5, 5.41) is 12.1. The Morgan fingerprint density at radius 3 is 0.615 bits per heavy atom. The van der Waals surface area contributed by atoms with E-state index in [2.05, 4.69) is 22.9 Å². The van der Waals surface area contributed by atoms with Crippen LogP contribution in [0, 0.1) is 10.8 Å². The molecule has 0 spiro atoms. The van der Waals surface area contributed by atoms with E-state index in [4.69, 9.17) is 10.8 Å². The number of nitrogens with one attached hydrogen (secondary N) is 2. The van der Waals surface area contributed by atoms with Crippen LogP contribution in [0.15, 0.2) is 0 Å². The normalized spacial score (nSPS) is 3.69. The van der Waals surface area contributed by atoms with Gasteiger partial charge in [-0.3, -0.25) is 10.8 Å². The van der Waals surface area contributed by atoms with Gasteiger partial charge in [-0.1, -0.05) is 0 Å².